The smallest absolute Gasteiger partial charge is 0.422 e. The fourth-order valence-electron chi connectivity index (χ4n) is 1.15. The molecule has 86 valence electrons. The topological polar surface area (TPSA) is 31.2 Å². The molecule has 0 bridgehead atoms. The second-order valence-corrected chi connectivity index (χ2v) is 4.11. The van der Waals surface area contributed by atoms with Gasteiger partial charge in [0.1, 0.15) is 5.75 Å². The molecule has 0 radical (unpaired) electrons. The summed E-state index contributed by atoms with van der Waals surface area (Å²) < 4.78 is 40.9. The van der Waals surface area contributed by atoms with Gasteiger partial charge in [0.25, 0.3) is 0 Å². The zero-order chi connectivity index (χ0) is 11.8. The van der Waals surface area contributed by atoms with Gasteiger partial charge in [-0.3, -0.25) is 0 Å². The molecule has 6 heteroatoms. The number of nitrogens with one attached hydrogen (secondary N) is 1. The maximum absolute atomic E-state index is 11.9. The van der Waals surface area contributed by atoms with Crippen molar-refractivity contribution in [2.24, 2.45) is 0 Å². The van der Waals surface area contributed by atoms with Crippen molar-refractivity contribution >= 4 is 21.6 Å². The van der Waals surface area contributed by atoms with Crippen LogP contribution in [0.4, 0.5) is 13.2 Å². The van der Waals surface area contributed by atoms with E-state index in [0.29, 0.717) is 4.47 Å². The van der Waals surface area contributed by atoms with E-state index in [1.54, 1.807) is 18.3 Å². The molecule has 0 aliphatic carbocycles. The lowest BCUT2D eigenvalue weighted by atomic mass is 10.2. The third kappa shape index (κ3) is 2.91. The quantitative estimate of drug-likeness (QED) is 0.927. The van der Waals surface area contributed by atoms with Crippen LogP contribution in [0.3, 0.4) is 0 Å². The van der Waals surface area contributed by atoms with Crippen molar-refractivity contribution in [3.63, 3.8) is 0 Å². The molecule has 0 fully saturated rings. The number of hydrogen-bond donors (Lipinski definition) is 1. The van der Waals surface area contributed by atoms with Gasteiger partial charge in [0.2, 0.25) is 0 Å². The summed E-state index contributed by atoms with van der Waals surface area (Å²) in [5.41, 5.74) is 1.87. The number of halogens is 4. The maximum Gasteiger partial charge on any atom is 0.422 e. The summed E-state index contributed by atoms with van der Waals surface area (Å²) in [4.78, 5) is 0. The maximum atomic E-state index is 11.9. The molecule has 0 saturated heterocycles. The van der Waals surface area contributed by atoms with E-state index in [1.165, 1.54) is 6.07 Å². The van der Waals surface area contributed by atoms with Gasteiger partial charge in [0, 0.05) is 11.8 Å². The van der Waals surface area contributed by atoms with Gasteiger partial charge in [0.05, 0.1) is 10.2 Å². The lowest BCUT2D eigenvalue weighted by Gasteiger charge is -2.10. The van der Waals surface area contributed by atoms with Crippen LogP contribution in [0.2, 0.25) is 0 Å². The third-order valence-corrected chi connectivity index (χ3v) is 2.54. The summed E-state index contributed by atoms with van der Waals surface area (Å²) in [5.74, 6) is 0.183. The van der Waals surface area contributed by atoms with Crippen LogP contribution in [-0.4, -0.2) is 12.8 Å². The first-order valence-corrected chi connectivity index (χ1v) is 5.21. The molecule has 0 spiro atoms. The summed E-state index contributed by atoms with van der Waals surface area (Å²) >= 11 is 3.16. The molecular weight excluding hydrogens is 287 g/mol. The Morgan fingerprint density at radius 1 is 1.31 bits per heavy atom. The lowest BCUT2D eigenvalue weighted by Crippen LogP contribution is -2.19. The average Bonchev–Trinajstić information content (AvgIpc) is 2.97. The molecule has 0 unspecified atom stereocenters. The molecule has 2 nitrogen and oxygen atoms in total. The predicted molar refractivity (Wildman–Crippen MR) is 56.8 cm³/mol. The second kappa shape index (κ2) is 4.01. The summed E-state index contributed by atoms with van der Waals surface area (Å²) in [5, 5.41) is 2.90. The zero-order valence-corrected chi connectivity index (χ0v) is 9.52. The van der Waals surface area contributed by atoms with Gasteiger partial charge in [-0.15, -0.1) is 0 Å². The van der Waals surface area contributed by atoms with Crippen LogP contribution >= 0.6 is 15.9 Å². The first-order chi connectivity index (χ1) is 7.46. The van der Waals surface area contributed by atoms with E-state index >= 15 is 0 Å². The highest BCUT2D eigenvalue weighted by Crippen LogP contribution is 2.31. The molecule has 0 aromatic heterocycles. The fourth-order valence-corrected chi connectivity index (χ4v) is 1.64. The van der Waals surface area contributed by atoms with Gasteiger partial charge in [-0.1, -0.05) is 0 Å². The minimum atomic E-state index is -4.32. The molecule has 1 aliphatic rings. The van der Waals surface area contributed by atoms with Gasteiger partial charge in [-0.2, -0.15) is 13.2 Å². The standard InChI is InChI=1S/C10H7BrF3NO/c11-7-3-6(8-4-15-8)1-2-9(7)16-5-10(12,13)14/h1-4,15H,5H2. The summed E-state index contributed by atoms with van der Waals surface area (Å²) in [7, 11) is 0. The Morgan fingerprint density at radius 2 is 2.00 bits per heavy atom. The molecule has 16 heavy (non-hydrogen) atoms. The molecular formula is C10H7BrF3NO. The second-order valence-electron chi connectivity index (χ2n) is 3.25. The normalized spacial score (nSPS) is 14.1. The van der Waals surface area contributed by atoms with E-state index in [2.05, 4.69) is 26.0 Å². The van der Waals surface area contributed by atoms with Crippen molar-refractivity contribution in [1.29, 1.82) is 0 Å². The average molecular weight is 294 g/mol. The van der Waals surface area contributed by atoms with E-state index in [1.807, 2.05) is 0 Å². The first kappa shape index (κ1) is 11.3. The van der Waals surface area contributed by atoms with E-state index in [9.17, 15) is 13.2 Å². The van der Waals surface area contributed by atoms with Gasteiger partial charge in [0.15, 0.2) is 6.61 Å². The van der Waals surface area contributed by atoms with Crippen LogP contribution in [0.5, 0.6) is 5.75 Å². The third-order valence-electron chi connectivity index (χ3n) is 1.92. The highest BCUT2D eigenvalue weighted by atomic mass is 79.9. The Bertz CT molecular complexity index is 442. The van der Waals surface area contributed by atoms with Crippen molar-refractivity contribution in [2.45, 2.75) is 6.18 Å². The molecule has 1 aromatic carbocycles. The van der Waals surface area contributed by atoms with Gasteiger partial charge < -0.3 is 10.1 Å². The minimum absolute atomic E-state index is 0.183. The van der Waals surface area contributed by atoms with Crippen LogP contribution in [0, 0.1) is 0 Å². The van der Waals surface area contributed by atoms with Crippen LogP contribution in [0.15, 0.2) is 28.9 Å². The van der Waals surface area contributed by atoms with Crippen molar-refractivity contribution in [1.82, 2.24) is 5.32 Å². The molecule has 1 heterocycles. The Balaban J connectivity index is 2.07. The zero-order valence-electron chi connectivity index (χ0n) is 7.94. The van der Waals surface area contributed by atoms with E-state index < -0.39 is 12.8 Å². The van der Waals surface area contributed by atoms with Crippen molar-refractivity contribution in [2.75, 3.05) is 6.61 Å². The van der Waals surface area contributed by atoms with E-state index in [4.69, 9.17) is 0 Å². The molecule has 2 rings (SSSR count). The molecule has 0 saturated carbocycles. The molecule has 1 aromatic rings. The Hall–Kier alpha value is -1.17. The number of rotatable bonds is 3. The number of benzene rings is 1. The van der Waals surface area contributed by atoms with Gasteiger partial charge in [-0.25, -0.2) is 0 Å². The van der Waals surface area contributed by atoms with Crippen LogP contribution < -0.4 is 10.1 Å². The van der Waals surface area contributed by atoms with Crippen molar-refractivity contribution in [3.05, 3.63) is 34.4 Å². The first-order valence-electron chi connectivity index (χ1n) is 4.42. The number of ether oxygens (including phenoxy) is 1. The van der Waals surface area contributed by atoms with Crippen LogP contribution in [0.25, 0.3) is 5.70 Å². The van der Waals surface area contributed by atoms with E-state index in [-0.39, 0.29) is 5.75 Å². The SMILES string of the molecule is FC(F)(F)COc1ccc(C2=CN2)cc1Br. The molecule has 0 amide bonds. The lowest BCUT2D eigenvalue weighted by molar-refractivity contribution is -0.153. The monoisotopic (exact) mass is 293 g/mol. The van der Waals surface area contributed by atoms with Crippen LogP contribution in [0.1, 0.15) is 5.56 Å². The fraction of sp³-hybridized carbons (Fsp3) is 0.200. The minimum Gasteiger partial charge on any atom is -0.483 e. The van der Waals surface area contributed by atoms with Crippen molar-refractivity contribution < 1.29 is 17.9 Å². The Morgan fingerprint density at radius 3 is 2.50 bits per heavy atom. The van der Waals surface area contributed by atoms with E-state index in [0.717, 1.165) is 11.3 Å². The molecule has 1 aliphatic heterocycles. The van der Waals surface area contributed by atoms with Crippen LogP contribution in [-0.2, 0) is 0 Å². The highest BCUT2D eigenvalue weighted by molar-refractivity contribution is 9.10. The summed E-state index contributed by atoms with van der Waals surface area (Å²) in [6, 6.07) is 4.91. The summed E-state index contributed by atoms with van der Waals surface area (Å²) in [6.45, 7) is -1.29. The Labute approximate surface area is 98.2 Å². The molecule has 0 atom stereocenters. The van der Waals surface area contributed by atoms with Crippen molar-refractivity contribution in [3.8, 4) is 5.75 Å². The Kier molecular flexibility index (Phi) is 2.84. The number of hydrogen-bond acceptors (Lipinski definition) is 2. The largest absolute Gasteiger partial charge is 0.483 e. The highest BCUT2D eigenvalue weighted by Gasteiger charge is 2.28. The number of alkyl halides is 3. The summed E-state index contributed by atoms with van der Waals surface area (Å²) in [6.07, 6.45) is -2.52. The van der Waals surface area contributed by atoms with Gasteiger partial charge in [-0.05, 0) is 34.1 Å². The van der Waals surface area contributed by atoms with Gasteiger partial charge >= 0.3 is 6.18 Å². The molecule has 1 N–H and O–H groups in total. The predicted octanol–water partition coefficient (Wildman–Crippen LogP) is 3.29.